The van der Waals surface area contributed by atoms with E-state index in [-0.39, 0.29) is 23.7 Å². The van der Waals surface area contributed by atoms with Gasteiger partial charge >= 0.3 is 0 Å². The zero-order chi connectivity index (χ0) is 24.0. The maximum absolute atomic E-state index is 10.0. The first-order chi connectivity index (χ1) is 14.3. The van der Waals surface area contributed by atoms with Gasteiger partial charge in [-0.3, -0.25) is 0 Å². The third-order valence-electron chi connectivity index (χ3n) is 6.68. The van der Waals surface area contributed by atoms with Crippen LogP contribution in [0.15, 0.2) is 58.7 Å². The minimum atomic E-state index is -0.636. The van der Waals surface area contributed by atoms with Crippen molar-refractivity contribution in [3.63, 3.8) is 0 Å². The van der Waals surface area contributed by atoms with Gasteiger partial charge in [-0.05, 0) is 45.3 Å². The van der Waals surface area contributed by atoms with Gasteiger partial charge in [0.25, 0.3) is 0 Å². The molecule has 4 nitrogen and oxygen atoms in total. The van der Waals surface area contributed by atoms with E-state index < -0.39 is 24.4 Å². The molecule has 0 bridgehead atoms. The number of hydrogen-bond donors (Lipinski definition) is 4. The second kappa shape index (κ2) is 12.0. The molecule has 0 spiro atoms. The van der Waals surface area contributed by atoms with Crippen LogP contribution in [0.25, 0.3) is 0 Å². The van der Waals surface area contributed by atoms with Crippen molar-refractivity contribution >= 4 is 0 Å². The normalized spacial score (nSPS) is 38.4. The van der Waals surface area contributed by atoms with Gasteiger partial charge in [0.05, 0.1) is 24.4 Å². The van der Waals surface area contributed by atoms with Gasteiger partial charge < -0.3 is 20.4 Å². The lowest BCUT2D eigenvalue weighted by Gasteiger charge is -2.38. The molecule has 0 heterocycles. The highest BCUT2D eigenvalue weighted by Crippen LogP contribution is 2.37. The smallest absolute Gasteiger partial charge is 0.0837 e. The molecule has 8 atom stereocenters. The molecule has 4 heteroatoms. The minimum absolute atomic E-state index is 0.0242. The maximum atomic E-state index is 10.0. The molecule has 0 radical (unpaired) electrons. The van der Waals surface area contributed by atoms with E-state index in [1.54, 1.807) is 0 Å². The molecular formula is C27H44O4. The van der Waals surface area contributed by atoms with E-state index in [2.05, 4.69) is 6.58 Å². The van der Waals surface area contributed by atoms with Gasteiger partial charge in [0.2, 0.25) is 0 Å². The second-order valence-electron chi connectivity index (χ2n) is 9.87. The summed E-state index contributed by atoms with van der Waals surface area (Å²) in [7, 11) is 0. The highest BCUT2D eigenvalue weighted by Gasteiger charge is 2.37. The largest absolute Gasteiger partial charge is 0.392 e. The van der Waals surface area contributed by atoms with Crippen LogP contribution >= 0.6 is 0 Å². The summed E-state index contributed by atoms with van der Waals surface area (Å²) in [5.41, 5.74) is 5.27. The Morgan fingerprint density at radius 2 is 1.26 bits per heavy atom. The average Bonchev–Trinajstić information content (AvgIpc) is 2.71. The predicted molar refractivity (Wildman–Crippen MR) is 129 cm³/mol. The molecular weight excluding hydrogens is 388 g/mol. The van der Waals surface area contributed by atoms with Crippen LogP contribution in [-0.4, -0.2) is 44.8 Å². The van der Waals surface area contributed by atoms with Crippen molar-refractivity contribution < 1.29 is 20.4 Å². The first-order valence-electron chi connectivity index (χ1n) is 11.4. The quantitative estimate of drug-likeness (QED) is 0.509. The fourth-order valence-electron chi connectivity index (χ4n) is 4.13. The van der Waals surface area contributed by atoms with E-state index >= 15 is 0 Å². The second-order valence-corrected chi connectivity index (χ2v) is 9.87. The van der Waals surface area contributed by atoms with E-state index in [0.29, 0.717) is 6.42 Å². The van der Waals surface area contributed by atoms with Crippen molar-refractivity contribution in [1.29, 1.82) is 0 Å². The summed E-state index contributed by atoms with van der Waals surface area (Å²) in [5.74, 6) is 0.00991. The molecule has 2 rings (SSSR count). The van der Waals surface area contributed by atoms with Gasteiger partial charge in [0.15, 0.2) is 0 Å². The first kappa shape index (κ1) is 27.6. The van der Waals surface area contributed by atoms with E-state index in [0.717, 1.165) is 16.7 Å². The van der Waals surface area contributed by atoms with Crippen LogP contribution in [0.4, 0.5) is 0 Å². The van der Waals surface area contributed by atoms with Crippen molar-refractivity contribution in [3.8, 4) is 0 Å². The van der Waals surface area contributed by atoms with Gasteiger partial charge in [0, 0.05) is 23.7 Å². The lowest BCUT2D eigenvalue weighted by atomic mass is 9.72. The van der Waals surface area contributed by atoms with Crippen molar-refractivity contribution in [2.24, 2.45) is 23.7 Å². The average molecular weight is 433 g/mol. The SMILES string of the molecule is C=C1/C(=C/C=C(C)C)[C@H](C)[C@@H](O)[C@H](C)[C@@H]1O.CC(C)=C/C=C1/C[C@@H](O)[C@@H](C)[C@H](O)[C@H]1C. The zero-order valence-corrected chi connectivity index (χ0v) is 20.6. The molecule has 2 fully saturated rings. The standard InChI is InChI=1S/C14H22O2.C13H22O2/c1-8(2)6-7-12-9(3)13(15)11(5)14(16)10(12)4;1-8(2)5-6-11-7-12(14)10(4)13(15)9(11)3/h6-7,10-11,13-16H,3H2,1-2,4-5H3;5-6,9-10,12-15H,7H2,1-4H3/b12-7-;11-6-/t10-,11+,13+,14+;9-,10+,12+,13+/m00/s1. The lowest BCUT2D eigenvalue weighted by molar-refractivity contribution is -0.0208. The summed E-state index contributed by atoms with van der Waals surface area (Å²) in [4.78, 5) is 0. The van der Waals surface area contributed by atoms with Gasteiger partial charge in [0.1, 0.15) is 0 Å². The number of aliphatic hydroxyl groups excluding tert-OH is 4. The minimum Gasteiger partial charge on any atom is -0.392 e. The topological polar surface area (TPSA) is 80.9 Å². The Hall–Kier alpha value is -1.46. The molecule has 176 valence electrons. The molecule has 0 aromatic heterocycles. The van der Waals surface area contributed by atoms with Gasteiger partial charge in [-0.15, -0.1) is 0 Å². The van der Waals surface area contributed by atoms with Gasteiger partial charge in [-0.1, -0.05) is 75.3 Å². The Bertz CT molecular complexity index is 734. The molecule has 31 heavy (non-hydrogen) atoms. The van der Waals surface area contributed by atoms with Crippen molar-refractivity contribution in [2.45, 2.75) is 86.2 Å². The Balaban J connectivity index is 0.000000311. The molecule has 0 aliphatic heterocycles. The van der Waals surface area contributed by atoms with Crippen LogP contribution in [0.5, 0.6) is 0 Å². The Labute approximate surface area is 189 Å². The monoisotopic (exact) mass is 432 g/mol. The first-order valence-corrected chi connectivity index (χ1v) is 11.4. The van der Waals surface area contributed by atoms with E-state index in [1.807, 2.05) is 79.7 Å². The molecule has 2 aliphatic rings. The zero-order valence-electron chi connectivity index (χ0n) is 20.6. The third kappa shape index (κ3) is 7.28. The molecule has 4 N–H and O–H groups in total. The Morgan fingerprint density at radius 1 is 0.774 bits per heavy atom. The summed E-state index contributed by atoms with van der Waals surface area (Å²) in [6.07, 6.45) is 6.74. The summed E-state index contributed by atoms with van der Waals surface area (Å²) in [5, 5.41) is 39.7. The van der Waals surface area contributed by atoms with Crippen LogP contribution in [0.2, 0.25) is 0 Å². The van der Waals surface area contributed by atoms with Crippen LogP contribution in [0, 0.1) is 23.7 Å². The summed E-state index contributed by atoms with van der Waals surface area (Å²) >= 11 is 0. The van der Waals surface area contributed by atoms with Crippen molar-refractivity contribution in [3.05, 3.63) is 58.7 Å². The lowest BCUT2D eigenvalue weighted by Crippen LogP contribution is -2.41. The Morgan fingerprint density at radius 3 is 1.77 bits per heavy atom. The number of hydrogen-bond acceptors (Lipinski definition) is 4. The van der Waals surface area contributed by atoms with E-state index in [9.17, 15) is 20.4 Å². The number of rotatable bonds is 2. The summed E-state index contributed by atoms with van der Waals surface area (Å²) in [6, 6.07) is 0. The molecule has 0 unspecified atom stereocenters. The van der Waals surface area contributed by atoms with Crippen LogP contribution in [-0.2, 0) is 0 Å². The van der Waals surface area contributed by atoms with E-state index in [1.165, 1.54) is 11.1 Å². The third-order valence-corrected chi connectivity index (χ3v) is 6.68. The predicted octanol–water partition coefficient (Wildman–Crippen LogP) is 4.72. The molecule has 2 aliphatic carbocycles. The van der Waals surface area contributed by atoms with Gasteiger partial charge in [-0.2, -0.15) is 0 Å². The van der Waals surface area contributed by atoms with Crippen molar-refractivity contribution in [2.75, 3.05) is 0 Å². The Kier molecular flexibility index (Phi) is 10.6. The molecule has 2 saturated carbocycles. The van der Waals surface area contributed by atoms with Crippen LogP contribution in [0.3, 0.4) is 0 Å². The highest BCUT2D eigenvalue weighted by molar-refractivity contribution is 5.40. The maximum Gasteiger partial charge on any atom is 0.0837 e. The summed E-state index contributed by atoms with van der Waals surface area (Å²) < 4.78 is 0. The molecule has 0 saturated heterocycles. The highest BCUT2D eigenvalue weighted by atomic mass is 16.3. The fourth-order valence-corrected chi connectivity index (χ4v) is 4.13. The molecule has 0 aromatic rings. The molecule has 0 aromatic carbocycles. The van der Waals surface area contributed by atoms with Crippen LogP contribution < -0.4 is 0 Å². The van der Waals surface area contributed by atoms with E-state index in [4.69, 9.17) is 0 Å². The number of aliphatic hydroxyl groups is 4. The summed E-state index contributed by atoms with van der Waals surface area (Å²) in [6.45, 7) is 19.8. The van der Waals surface area contributed by atoms with Gasteiger partial charge in [-0.25, -0.2) is 0 Å². The fraction of sp³-hybridized carbons (Fsp3) is 0.630. The van der Waals surface area contributed by atoms with Crippen LogP contribution in [0.1, 0.15) is 61.8 Å². The number of allylic oxidation sites excluding steroid dienone is 6. The van der Waals surface area contributed by atoms with Crippen molar-refractivity contribution in [1.82, 2.24) is 0 Å². The molecule has 0 amide bonds.